The first kappa shape index (κ1) is 27.8. The van der Waals surface area contributed by atoms with Crippen molar-refractivity contribution >= 4 is 57.8 Å². The summed E-state index contributed by atoms with van der Waals surface area (Å²) in [4.78, 5) is 40.3. The number of nitro benzene ring substituents is 1. The maximum Gasteiger partial charge on any atom is 0.311 e. The number of para-hydroxylation sites is 2. The molecule has 2 amide bonds. The van der Waals surface area contributed by atoms with Crippen LogP contribution in [-0.2, 0) is 0 Å². The van der Waals surface area contributed by atoms with Crippen molar-refractivity contribution < 1.29 is 19.2 Å². The highest BCUT2D eigenvalue weighted by Gasteiger charge is 2.24. The van der Waals surface area contributed by atoms with Gasteiger partial charge in [0.25, 0.3) is 11.8 Å². The Morgan fingerprint density at radius 2 is 1.69 bits per heavy atom. The number of hydrogen-bond acceptors (Lipinski definition) is 7. The third-order valence-electron chi connectivity index (χ3n) is 6.10. The van der Waals surface area contributed by atoms with E-state index < -0.39 is 10.8 Å². The number of halogens is 1. The van der Waals surface area contributed by atoms with E-state index in [4.69, 9.17) is 28.6 Å². The summed E-state index contributed by atoms with van der Waals surface area (Å²) in [6.07, 6.45) is 0. The van der Waals surface area contributed by atoms with Crippen LogP contribution >= 0.6 is 23.8 Å². The van der Waals surface area contributed by atoms with Gasteiger partial charge >= 0.3 is 5.69 Å². The van der Waals surface area contributed by atoms with E-state index in [1.807, 2.05) is 24.3 Å². The zero-order valence-electron chi connectivity index (χ0n) is 21.1. The second-order valence-corrected chi connectivity index (χ2v) is 9.43. The molecule has 4 rings (SSSR count). The van der Waals surface area contributed by atoms with Gasteiger partial charge in [0.15, 0.2) is 10.9 Å². The van der Waals surface area contributed by atoms with Gasteiger partial charge in [0.2, 0.25) is 0 Å². The number of nitrogens with one attached hydrogen (secondary N) is 2. The van der Waals surface area contributed by atoms with Gasteiger partial charge in [0.05, 0.1) is 22.9 Å². The Bertz CT molecular complexity index is 1390. The number of carbonyl (C=O) groups excluding carboxylic acids is 2. The number of amides is 2. The molecule has 12 heteroatoms. The van der Waals surface area contributed by atoms with Crippen molar-refractivity contribution in [2.45, 2.75) is 6.92 Å². The fraction of sp³-hybridized carbons (Fsp3) is 0.222. The van der Waals surface area contributed by atoms with Gasteiger partial charge in [0.1, 0.15) is 0 Å². The van der Waals surface area contributed by atoms with Crippen LogP contribution in [0.2, 0.25) is 5.02 Å². The van der Waals surface area contributed by atoms with Gasteiger partial charge in [-0.2, -0.15) is 0 Å². The number of rotatable bonds is 7. The van der Waals surface area contributed by atoms with Crippen molar-refractivity contribution in [2.75, 3.05) is 43.0 Å². The number of thiocarbonyl (C=S) groups is 1. The molecule has 0 unspecified atom stereocenters. The number of nitro groups is 1. The topological polar surface area (TPSA) is 117 Å². The normalized spacial score (nSPS) is 13.0. The van der Waals surface area contributed by atoms with Crippen molar-refractivity contribution in [1.29, 1.82) is 0 Å². The van der Waals surface area contributed by atoms with E-state index in [0.29, 0.717) is 42.5 Å². The van der Waals surface area contributed by atoms with Crippen molar-refractivity contribution in [3.05, 3.63) is 93.0 Å². The first-order valence-corrected chi connectivity index (χ1v) is 13.0. The van der Waals surface area contributed by atoms with E-state index in [1.165, 1.54) is 12.1 Å². The van der Waals surface area contributed by atoms with Crippen molar-refractivity contribution in [1.82, 2.24) is 10.2 Å². The molecule has 1 aliphatic heterocycles. The molecule has 3 aromatic rings. The summed E-state index contributed by atoms with van der Waals surface area (Å²) < 4.78 is 5.27. The molecule has 1 heterocycles. The molecule has 2 N–H and O–H groups in total. The summed E-state index contributed by atoms with van der Waals surface area (Å²) in [5.74, 6) is -0.551. The summed E-state index contributed by atoms with van der Waals surface area (Å²) >= 11 is 11.3. The molecule has 1 fully saturated rings. The highest BCUT2D eigenvalue weighted by Crippen LogP contribution is 2.29. The molecule has 0 bridgehead atoms. The Morgan fingerprint density at radius 1 is 1.03 bits per heavy atom. The molecule has 0 saturated carbocycles. The van der Waals surface area contributed by atoms with E-state index in [-0.39, 0.29) is 34.6 Å². The Balaban J connectivity index is 1.39. The fourth-order valence-electron chi connectivity index (χ4n) is 4.19. The molecular formula is C27H26ClN5O5S. The minimum Gasteiger partial charge on any atom is -0.487 e. The van der Waals surface area contributed by atoms with Crippen molar-refractivity contribution in [3.8, 4) is 5.75 Å². The number of piperazine rings is 1. The number of anilines is 2. The quantitative estimate of drug-likeness (QED) is 0.239. The summed E-state index contributed by atoms with van der Waals surface area (Å²) in [6.45, 7) is 4.25. The van der Waals surface area contributed by atoms with Gasteiger partial charge in [-0.15, -0.1) is 0 Å². The lowest BCUT2D eigenvalue weighted by Crippen LogP contribution is -2.49. The second-order valence-electron chi connectivity index (χ2n) is 8.58. The molecule has 0 radical (unpaired) electrons. The lowest BCUT2D eigenvalue weighted by Gasteiger charge is -2.37. The zero-order chi connectivity index (χ0) is 27.9. The highest BCUT2D eigenvalue weighted by atomic mass is 35.5. The molecule has 1 saturated heterocycles. The first-order chi connectivity index (χ1) is 18.8. The highest BCUT2D eigenvalue weighted by molar-refractivity contribution is 7.80. The van der Waals surface area contributed by atoms with Crippen LogP contribution in [-0.4, -0.2) is 59.5 Å². The van der Waals surface area contributed by atoms with Crippen LogP contribution in [0.15, 0.2) is 66.7 Å². The molecule has 0 atom stereocenters. The predicted molar refractivity (Wildman–Crippen MR) is 154 cm³/mol. The minimum atomic E-state index is -0.600. The SMILES string of the molecule is CCOc1ccc(C(=O)NC(=S)Nc2ccccc2N2CCN(C(=O)c3ccc(Cl)cc3)CC2)cc1[N+](=O)[O-]. The monoisotopic (exact) mass is 567 g/mol. The average Bonchev–Trinajstić information content (AvgIpc) is 2.93. The lowest BCUT2D eigenvalue weighted by atomic mass is 10.1. The molecule has 39 heavy (non-hydrogen) atoms. The maximum atomic E-state index is 12.8. The smallest absolute Gasteiger partial charge is 0.311 e. The zero-order valence-corrected chi connectivity index (χ0v) is 22.6. The Morgan fingerprint density at radius 3 is 2.36 bits per heavy atom. The number of nitrogens with zero attached hydrogens (tertiary/aromatic N) is 3. The van der Waals surface area contributed by atoms with E-state index in [0.717, 1.165) is 11.8 Å². The van der Waals surface area contributed by atoms with Crippen LogP contribution in [0.25, 0.3) is 0 Å². The molecule has 3 aromatic carbocycles. The van der Waals surface area contributed by atoms with Gasteiger partial charge < -0.3 is 19.9 Å². The molecule has 0 spiro atoms. The van der Waals surface area contributed by atoms with Crippen molar-refractivity contribution in [2.24, 2.45) is 0 Å². The van der Waals surface area contributed by atoms with Crippen LogP contribution in [0.5, 0.6) is 5.75 Å². The predicted octanol–water partition coefficient (Wildman–Crippen LogP) is 4.74. The van der Waals surface area contributed by atoms with Crippen LogP contribution in [0.1, 0.15) is 27.6 Å². The molecule has 1 aliphatic rings. The first-order valence-electron chi connectivity index (χ1n) is 12.2. The second kappa shape index (κ2) is 12.5. The van der Waals surface area contributed by atoms with E-state index >= 15 is 0 Å². The molecule has 0 aromatic heterocycles. The number of hydrogen-bond donors (Lipinski definition) is 2. The molecular weight excluding hydrogens is 542 g/mol. The fourth-order valence-corrected chi connectivity index (χ4v) is 4.52. The third-order valence-corrected chi connectivity index (χ3v) is 6.55. The number of ether oxygens (including phenoxy) is 1. The summed E-state index contributed by atoms with van der Waals surface area (Å²) in [5, 5.41) is 17.6. The largest absolute Gasteiger partial charge is 0.487 e. The third kappa shape index (κ3) is 6.81. The Kier molecular flexibility index (Phi) is 8.95. The number of carbonyl (C=O) groups is 2. The van der Waals surface area contributed by atoms with Crippen LogP contribution in [0.3, 0.4) is 0 Å². The van der Waals surface area contributed by atoms with Gasteiger partial charge in [-0.25, -0.2) is 0 Å². The maximum absolute atomic E-state index is 12.8. The summed E-state index contributed by atoms with van der Waals surface area (Å²) in [7, 11) is 0. The van der Waals surface area contributed by atoms with Crippen LogP contribution < -0.4 is 20.3 Å². The standard InChI is InChI=1S/C27H26ClN5O5S/c1-2-38-24-12-9-19(17-23(24)33(36)37)25(34)30-27(39)29-21-5-3-4-6-22(21)31-13-15-32(16-14-31)26(35)18-7-10-20(28)11-8-18/h3-12,17H,2,13-16H2,1H3,(H2,29,30,34,39). The van der Waals surface area contributed by atoms with Crippen LogP contribution in [0.4, 0.5) is 17.1 Å². The number of benzene rings is 3. The molecule has 10 nitrogen and oxygen atoms in total. The van der Waals surface area contributed by atoms with E-state index in [2.05, 4.69) is 15.5 Å². The molecule has 202 valence electrons. The van der Waals surface area contributed by atoms with Gasteiger partial charge in [-0.1, -0.05) is 23.7 Å². The van der Waals surface area contributed by atoms with E-state index in [9.17, 15) is 19.7 Å². The lowest BCUT2D eigenvalue weighted by molar-refractivity contribution is -0.385. The van der Waals surface area contributed by atoms with E-state index in [1.54, 1.807) is 36.1 Å². The molecule has 0 aliphatic carbocycles. The Labute approximate surface area is 235 Å². The van der Waals surface area contributed by atoms with Gasteiger partial charge in [0, 0.05) is 48.4 Å². The van der Waals surface area contributed by atoms with Gasteiger partial charge in [-0.3, -0.25) is 25.0 Å². The van der Waals surface area contributed by atoms with Crippen molar-refractivity contribution in [3.63, 3.8) is 0 Å². The van der Waals surface area contributed by atoms with Crippen LogP contribution in [0, 0.1) is 10.1 Å². The van der Waals surface area contributed by atoms with Gasteiger partial charge in [-0.05, 0) is 67.7 Å². The minimum absolute atomic E-state index is 0.0422. The summed E-state index contributed by atoms with van der Waals surface area (Å²) in [5.41, 5.74) is 1.91. The summed E-state index contributed by atoms with van der Waals surface area (Å²) in [6, 6.07) is 18.3. The Hall–Kier alpha value is -4.22. The average molecular weight is 568 g/mol.